The van der Waals surface area contributed by atoms with Crippen LogP contribution in [0.4, 0.5) is 0 Å². The molecule has 1 N–H and O–H groups in total. The molecular formula is C10H21NO2. The lowest BCUT2D eigenvalue weighted by molar-refractivity contribution is -0.139. The summed E-state index contributed by atoms with van der Waals surface area (Å²) >= 11 is 0. The third kappa shape index (κ3) is 4.88. The van der Waals surface area contributed by atoms with Gasteiger partial charge in [-0.1, -0.05) is 19.8 Å². The van der Waals surface area contributed by atoms with Crippen LogP contribution >= 0.6 is 0 Å². The summed E-state index contributed by atoms with van der Waals surface area (Å²) in [6.45, 7) is 6.20. The van der Waals surface area contributed by atoms with Gasteiger partial charge in [0.15, 0.2) is 0 Å². The standard InChI is InChI=1S/C10H21NO2/c1-4-6-7-8-10(13)11(5-2)9(3)12/h9,12H,4-8H2,1-3H3. The Kier molecular flexibility index (Phi) is 6.59. The summed E-state index contributed by atoms with van der Waals surface area (Å²) < 4.78 is 0. The van der Waals surface area contributed by atoms with Gasteiger partial charge in [0, 0.05) is 13.0 Å². The Morgan fingerprint density at radius 3 is 2.38 bits per heavy atom. The number of aliphatic hydroxyl groups is 1. The van der Waals surface area contributed by atoms with Crippen molar-refractivity contribution >= 4 is 5.91 Å². The zero-order valence-electron chi connectivity index (χ0n) is 8.92. The van der Waals surface area contributed by atoms with E-state index in [0.717, 1.165) is 19.3 Å². The molecule has 0 fully saturated rings. The predicted octanol–water partition coefficient (Wildman–Crippen LogP) is 1.75. The highest BCUT2D eigenvalue weighted by molar-refractivity contribution is 5.76. The van der Waals surface area contributed by atoms with E-state index < -0.39 is 6.23 Å². The van der Waals surface area contributed by atoms with Crippen LogP contribution in [0, 0.1) is 0 Å². The van der Waals surface area contributed by atoms with E-state index in [1.165, 1.54) is 4.90 Å². The van der Waals surface area contributed by atoms with Gasteiger partial charge >= 0.3 is 0 Å². The lowest BCUT2D eigenvalue weighted by atomic mass is 10.2. The number of aliphatic hydroxyl groups excluding tert-OH is 1. The highest BCUT2D eigenvalue weighted by atomic mass is 16.3. The minimum atomic E-state index is -0.654. The van der Waals surface area contributed by atoms with E-state index >= 15 is 0 Å². The molecule has 1 atom stereocenters. The molecule has 78 valence electrons. The fraction of sp³-hybridized carbons (Fsp3) is 0.900. The maximum absolute atomic E-state index is 11.5. The first kappa shape index (κ1) is 12.4. The minimum absolute atomic E-state index is 0.0611. The van der Waals surface area contributed by atoms with Crippen molar-refractivity contribution in [3.63, 3.8) is 0 Å². The fourth-order valence-electron chi connectivity index (χ4n) is 1.32. The third-order valence-corrected chi connectivity index (χ3v) is 2.11. The molecule has 0 saturated carbocycles. The van der Waals surface area contributed by atoms with Crippen LogP contribution in [-0.2, 0) is 4.79 Å². The largest absolute Gasteiger partial charge is 0.374 e. The van der Waals surface area contributed by atoms with E-state index in [4.69, 9.17) is 0 Å². The van der Waals surface area contributed by atoms with Crippen LogP contribution in [0.2, 0.25) is 0 Å². The Labute approximate surface area is 80.7 Å². The summed E-state index contributed by atoms with van der Waals surface area (Å²) in [4.78, 5) is 13.0. The topological polar surface area (TPSA) is 40.5 Å². The number of hydrogen-bond donors (Lipinski definition) is 1. The molecule has 0 aromatic rings. The second kappa shape index (κ2) is 6.89. The average molecular weight is 187 g/mol. The van der Waals surface area contributed by atoms with Crippen molar-refractivity contribution in [3.05, 3.63) is 0 Å². The number of carbonyl (C=O) groups excluding carboxylic acids is 1. The molecule has 0 spiro atoms. The molecule has 0 saturated heterocycles. The smallest absolute Gasteiger partial charge is 0.224 e. The van der Waals surface area contributed by atoms with Crippen LogP contribution in [0.15, 0.2) is 0 Å². The van der Waals surface area contributed by atoms with Crippen molar-refractivity contribution < 1.29 is 9.90 Å². The van der Waals surface area contributed by atoms with Gasteiger partial charge in [0.05, 0.1) is 0 Å². The normalized spacial score (nSPS) is 12.6. The van der Waals surface area contributed by atoms with E-state index in [2.05, 4.69) is 6.92 Å². The molecule has 3 heteroatoms. The highest BCUT2D eigenvalue weighted by Crippen LogP contribution is 2.05. The molecule has 13 heavy (non-hydrogen) atoms. The van der Waals surface area contributed by atoms with Crippen LogP contribution in [0.3, 0.4) is 0 Å². The van der Waals surface area contributed by atoms with Gasteiger partial charge in [-0.3, -0.25) is 4.79 Å². The van der Waals surface area contributed by atoms with E-state index in [0.29, 0.717) is 13.0 Å². The zero-order valence-corrected chi connectivity index (χ0v) is 8.92. The molecule has 3 nitrogen and oxygen atoms in total. The van der Waals surface area contributed by atoms with Crippen LogP contribution in [0.25, 0.3) is 0 Å². The van der Waals surface area contributed by atoms with E-state index in [1.54, 1.807) is 6.92 Å². The first-order valence-electron chi connectivity index (χ1n) is 5.11. The number of unbranched alkanes of at least 4 members (excludes halogenated alkanes) is 2. The van der Waals surface area contributed by atoms with Gasteiger partial charge in [0.25, 0.3) is 0 Å². The van der Waals surface area contributed by atoms with E-state index in [1.807, 2.05) is 6.92 Å². The van der Waals surface area contributed by atoms with Crippen LogP contribution in [0.1, 0.15) is 46.5 Å². The lowest BCUT2D eigenvalue weighted by Crippen LogP contribution is -2.38. The molecule has 1 unspecified atom stereocenters. The Morgan fingerprint density at radius 1 is 1.38 bits per heavy atom. The summed E-state index contributed by atoms with van der Waals surface area (Å²) in [7, 11) is 0. The molecule has 1 amide bonds. The van der Waals surface area contributed by atoms with Crippen LogP contribution < -0.4 is 0 Å². The monoisotopic (exact) mass is 187 g/mol. The Hall–Kier alpha value is -0.570. The van der Waals surface area contributed by atoms with Crippen molar-refractivity contribution in [1.82, 2.24) is 4.90 Å². The van der Waals surface area contributed by atoms with Crippen molar-refractivity contribution in [2.24, 2.45) is 0 Å². The number of nitrogens with zero attached hydrogens (tertiary/aromatic N) is 1. The molecule has 0 aromatic carbocycles. The van der Waals surface area contributed by atoms with E-state index in [9.17, 15) is 9.90 Å². The maximum atomic E-state index is 11.5. The van der Waals surface area contributed by atoms with E-state index in [-0.39, 0.29) is 5.91 Å². The van der Waals surface area contributed by atoms with Crippen molar-refractivity contribution in [2.75, 3.05) is 6.54 Å². The molecule has 0 radical (unpaired) electrons. The van der Waals surface area contributed by atoms with Crippen molar-refractivity contribution in [3.8, 4) is 0 Å². The summed E-state index contributed by atoms with van der Waals surface area (Å²) in [5.41, 5.74) is 0. The quantitative estimate of drug-likeness (QED) is 0.508. The molecule has 0 aromatic heterocycles. The predicted molar refractivity (Wildman–Crippen MR) is 53.2 cm³/mol. The summed E-state index contributed by atoms with van der Waals surface area (Å²) in [5, 5.41) is 9.24. The molecule has 0 aliphatic carbocycles. The van der Waals surface area contributed by atoms with Gasteiger partial charge in [-0.25, -0.2) is 0 Å². The number of rotatable bonds is 6. The summed E-state index contributed by atoms with van der Waals surface area (Å²) in [5.74, 6) is 0.0611. The highest BCUT2D eigenvalue weighted by Gasteiger charge is 2.14. The van der Waals surface area contributed by atoms with Gasteiger partial charge in [0.1, 0.15) is 6.23 Å². The average Bonchev–Trinajstić information content (AvgIpc) is 2.05. The van der Waals surface area contributed by atoms with Gasteiger partial charge < -0.3 is 10.0 Å². The Balaban J connectivity index is 3.78. The Morgan fingerprint density at radius 2 is 2.00 bits per heavy atom. The first-order chi connectivity index (χ1) is 6.13. The Bertz CT molecular complexity index is 146. The number of carbonyl (C=O) groups is 1. The van der Waals surface area contributed by atoms with Gasteiger partial charge in [0.2, 0.25) is 5.91 Å². The number of amides is 1. The van der Waals surface area contributed by atoms with Gasteiger partial charge in [-0.2, -0.15) is 0 Å². The minimum Gasteiger partial charge on any atom is -0.374 e. The van der Waals surface area contributed by atoms with Gasteiger partial charge in [-0.05, 0) is 20.3 Å². The molecule has 0 rings (SSSR count). The van der Waals surface area contributed by atoms with Crippen LogP contribution in [-0.4, -0.2) is 28.7 Å². The first-order valence-corrected chi connectivity index (χ1v) is 5.11. The molecule has 0 aliphatic rings. The second-order valence-corrected chi connectivity index (χ2v) is 3.27. The second-order valence-electron chi connectivity index (χ2n) is 3.27. The lowest BCUT2D eigenvalue weighted by Gasteiger charge is -2.23. The number of hydrogen-bond acceptors (Lipinski definition) is 2. The molecule has 0 heterocycles. The fourth-order valence-corrected chi connectivity index (χ4v) is 1.32. The summed E-state index contributed by atoms with van der Waals surface area (Å²) in [6, 6.07) is 0. The maximum Gasteiger partial charge on any atom is 0.224 e. The van der Waals surface area contributed by atoms with Gasteiger partial charge in [-0.15, -0.1) is 0 Å². The molecule has 0 bridgehead atoms. The zero-order chi connectivity index (χ0) is 10.3. The summed E-state index contributed by atoms with van der Waals surface area (Å²) in [6.07, 6.45) is 3.04. The molecule has 0 aliphatic heterocycles. The SMILES string of the molecule is CCCCCC(=O)N(CC)C(C)O. The molecular weight excluding hydrogens is 166 g/mol. The van der Waals surface area contributed by atoms with Crippen molar-refractivity contribution in [2.45, 2.75) is 52.7 Å². The van der Waals surface area contributed by atoms with Crippen molar-refractivity contribution in [1.29, 1.82) is 0 Å². The third-order valence-electron chi connectivity index (χ3n) is 2.11. The van der Waals surface area contributed by atoms with Crippen LogP contribution in [0.5, 0.6) is 0 Å².